The third-order valence-electron chi connectivity index (χ3n) is 2.01. The summed E-state index contributed by atoms with van der Waals surface area (Å²) in [6.45, 7) is 4.08. The van der Waals surface area contributed by atoms with E-state index < -0.39 is 0 Å². The molecule has 1 aliphatic rings. The van der Waals surface area contributed by atoms with Crippen molar-refractivity contribution in [2.45, 2.75) is 12.5 Å². The molecule has 0 aromatic carbocycles. The molecule has 1 saturated heterocycles. The topological polar surface area (TPSA) is 38.5 Å². The molecule has 0 aromatic heterocycles. The highest BCUT2D eigenvalue weighted by Gasteiger charge is 2.17. The molecule has 1 rings (SSSR count). The molecule has 0 bridgehead atoms. The predicted octanol–water partition coefficient (Wildman–Crippen LogP) is -0.334. The van der Waals surface area contributed by atoms with Crippen LogP contribution in [0.5, 0.6) is 0 Å². The number of hydrogen-bond donors (Lipinski definition) is 1. The second-order valence-electron chi connectivity index (χ2n) is 2.75. The van der Waals surface area contributed by atoms with Crippen molar-refractivity contribution in [3.63, 3.8) is 0 Å². The summed E-state index contributed by atoms with van der Waals surface area (Å²) in [5.41, 5.74) is 5.46. The number of rotatable bonds is 4. The Morgan fingerprint density at radius 1 is 1.60 bits per heavy atom. The van der Waals surface area contributed by atoms with E-state index >= 15 is 0 Å². The van der Waals surface area contributed by atoms with Crippen molar-refractivity contribution < 1.29 is 4.74 Å². The summed E-state index contributed by atoms with van der Waals surface area (Å²) in [5.74, 6) is 0. The molecule has 1 fully saturated rings. The molecule has 0 radical (unpaired) electrons. The number of methoxy groups -OCH3 is 1. The van der Waals surface area contributed by atoms with Gasteiger partial charge in [-0.25, -0.2) is 0 Å². The van der Waals surface area contributed by atoms with Crippen LogP contribution >= 0.6 is 0 Å². The van der Waals surface area contributed by atoms with E-state index in [-0.39, 0.29) is 6.10 Å². The normalized spacial score (nSPS) is 22.2. The highest BCUT2D eigenvalue weighted by Crippen LogP contribution is 2.06. The molecule has 0 spiro atoms. The first kappa shape index (κ1) is 7.98. The maximum absolute atomic E-state index is 5.46. The lowest BCUT2D eigenvalue weighted by molar-refractivity contribution is 0.0481. The van der Waals surface area contributed by atoms with Gasteiger partial charge in [0.15, 0.2) is 0 Å². The lowest BCUT2D eigenvalue weighted by Gasteiger charge is -2.33. The fourth-order valence-corrected chi connectivity index (χ4v) is 1.10. The van der Waals surface area contributed by atoms with Gasteiger partial charge in [-0.1, -0.05) is 0 Å². The molecule has 1 atom stereocenters. The van der Waals surface area contributed by atoms with Crippen LogP contribution in [-0.2, 0) is 4.74 Å². The summed E-state index contributed by atoms with van der Waals surface area (Å²) >= 11 is 0. The molecule has 1 heterocycles. The summed E-state index contributed by atoms with van der Waals surface area (Å²) in [6, 6.07) is 0. The molecule has 0 aliphatic carbocycles. The molecule has 0 saturated carbocycles. The Morgan fingerprint density at radius 2 is 2.30 bits per heavy atom. The molecular formula is C7H16N2O. The minimum absolute atomic E-state index is 0.236. The van der Waals surface area contributed by atoms with Crippen LogP contribution in [0.15, 0.2) is 0 Å². The van der Waals surface area contributed by atoms with Crippen molar-refractivity contribution in [3.8, 4) is 0 Å². The Morgan fingerprint density at radius 3 is 2.60 bits per heavy atom. The number of likely N-dealkylation sites (tertiary alicyclic amines) is 1. The van der Waals surface area contributed by atoms with Gasteiger partial charge < -0.3 is 15.4 Å². The van der Waals surface area contributed by atoms with Gasteiger partial charge in [0.2, 0.25) is 0 Å². The monoisotopic (exact) mass is 144 g/mol. The Hall–Kier alpha value is -0.120. The SMILES string of the molecule is COC(CN)CN1CCC1. The first-order valence-corrected chi connectivity index (χ1v) is 3.82. The van der Waals surface area contributed by atoms with E-state index in [1.165, 1.54) is 19.5 Å². The van der Waals surface area contributed by atoms with E-state index in [1.807, 2.05) is 0 Å². The first-order chi connectivity index (χ1) is 4.86. The quantitative estimate of drug-likeness (QED) is 0.587. The summed E-state index contributed by atoms with van der Waals surface area (Å²) in [5, 5.41) is 0. The summed E-state index contributed by atoms with van der Waals surface area (Å²) < 4.78 is 5.14. The molecule has 0 amide bonds. The van der Waals surface area contributed by atoms with Crippen LogP contribution in [0, 0.1) is 0 Å². The van der Waals surface area contributed by atoms with Crippen LogP contribution in [0.25, 0.3) is 0 Å². The summed E-state index contributed by atoms with van der Waals surface area (Å²) in [6.07, 6.45) is 1.57. The summed E-state index contributed by atoms with van der Waals surface area (Å²) in [4.78, 5) is 2.36. The lowest BCUT2D eigenvalue weighted by atomic mass is 10.2. The van der Waals surface area contributed by atoms with Crippen LogP contribution in [0.2, 0.25) is 0 Å². The second kappa shape index (κ2) is 3.91. The standard InChI is InChI=1S/C7H16N2O/c1-10-7(5-8)6-9-3-2-4-9/h7H,2-6,8H2,1H3. The van der Waals surface area contributed by atoms with Gasteiger partial charge in [-0.15, -0.1) is 0 Å². The number of nitrogens with zero attached hydrogens (tertiary/aromatic N) is 1. The fraction of sp³-hybridized carbons (Fsp3) is 1.00. The molecule has 0 aromatic rings. The van der Waals surface area contributed by atoms with Crippen LogP contribution in [0.3, 0.4) is 0 Å². The average molecular weight is 144 g/mol. The molecular weight excluding hydrogens is 128 g/mol. The molecule has 3 heteroatoms. The summed E-state index contributed by atoms with van der Waals surface area (Å²) in [7, 11) is 1.72. The van der Waals surface area contributed by atoms with Crippen molar-refractivity contribution in [2.75, 3.05) is 33.3 Å². The van der Waals surface area contributed by atoms with E-state index in [4.69, 9.17) is 10.5 Å². The highest BCUT2D eigenvalue weighted by atomic mass is 16.5. The number of ether oxygens (including phenoxy) is 1. The van der Waals surface area contributed by atoms with Gasteiger partial charge in [-0.3, -0.25) is 0 Å². The fourth-order valence-electron chi connectivity index (χ4n) is 1.10. The van der Waals surface area contributed by atoms with Gasteiger partial charge in [0.1, 0.15) is 0 Å². The van der Waals surface area contributed by atoms with Gasteiger partial charge in [-0.2, -0.15) is 0 Å². The minimum atomic E-state index is 0.236. The average Bonchev–Trinajstić information content (AvgIpc) is 1.87. The Bertz CT molecular complexity index is 89.6. The van der Waals surface area contributed by atoms with E-state index in [2.05, 4.69) is 4.90 Å². The van der Waals surface area contributed by atoms with Gasteiger partial charge >= 0.3 is 0 Å². The third-order valence-corrected chi connectivity index (χ3v) is 2.01. The van der Waals surface area contributed by atoms with E-state index in [1.54, 1.807) is 7.11 Å². The minimum Gasteiger partial charge on any atom is -0.379 e. The largest absolute Gasteiger partial charge is 0.379 e. The number of nitrogens with two attached hydrogens (primary N) is 1. The van der Waals surface area contributed by atoms with E-state index in [0.29, 0.717) is 6.54 Å². The zero-order valence-electron chi connectivity index (χ0n) is 6.55. The van der Waals surface area contributed by atoms with Gasteiger partial charge in [0, 0.05) is 20.2 Å². The van der Waals surface area contributed by atoms with E-state index in [0.717, 1.165) is 6.54 Å². The van der Waals surface area contributed by atoms with Crippen molar-refractivity contribution in [2.24, 2.45) is 5.73 Å². The first-order valence-electron chi connectivity index (χ1n) is 3.82. The van der Waals surface area contributed by atoms with E-state index in [9.17, 15) is 0 Å². The maximum Gasteiger partial charge on any atom is 0.0820 e. The molecule has 1 aliphatic heterocycles. The molecule has 3 nitrogen and oxygen atoms in total. The smallest absolute Gasteiger partial charge is 0.0820 e. The maximum atomic E-state index is 5.46. The van der Waals surface area contributed by atoms with Crippen molar-refractivity contribution in [1.82, 2.24) is 4.90 Å². The van der Waals surface area contributed by atoms with Gasteiger partial charge in [-0.05, 0) is 19.5 Å². The Balaban J connectivity index is 2.08. The zero-order chi connectivity index (χ0) is 7.40. The predicted molar refractivity (Wildman–Crippen MR) is 40.9 cm³/mol. The molecule has 60 valence electrons. The van der Waals surface area contributed by atoms with Crippen molar-refractivity contribution in [1.29, 1.82) is 0 Å². The van der Waals surface area contributed by atoms with Crippen molar-refractivity contribution >= 4 is 0 Å². The van der Waals surface area contributed by atoms with Crippen LogP contribution in [0.4, 0.5) is 0 Å². The van der Waals surface area contributed by atoms with Gasteiger partial charge in [0.25, 0.3) is 0 Å². The van der Waals surface area contributed by atoms with Crippen LogP contribution in [0.1, 0.15) is 6.42 Å². The highest BCUT2D eigenvalue weighted by molar-refractivity contribution is 4.73. The lowest BCUT2D eigenvalue weighted by Crippen LogP contribution is -2.44. The second-order valence-corrected chi connectivity index (χ2v) is 2.75. The number of hydrogen-bond acceptors (Lipinski definition) is 3. The Kier molecular flexibility index (Phi) is 3.12. The van der Waals surface area contributed by atoms with Gasteiger partial charge in [0.05, 0.1) is 6.10 Å². The Labute approximate surface area is 62.1 Å². The van der Waals surface area contributed by atoms with Crippen molar-refractivity contribution in [3.05, 3.63) is 0 Å². The molecule has 10 heavy (non-hydrogen) atoms. The molecule has 1 unspecified atom stereocenters. The zero-order valence-corrected chi connectivity index (χ0v) is 6.55. The van der Waals surface area contributed by atoms with Crippen LogP contribution in [-0.4, -0.2) is 44.3 Å². The third kappa shape index (κ3) is 1.94. The van der Waals surface area contributed by atoms with Crippen LogP contribution < -0.4 is 5.73 Å². The molecule has 2 N–H and O–H groups in total.